The molecule has 1 aromatic heterocycles. The summed E-state index contributed by atoms with van der Waals surface area (Å²) in [5, 5.41) is 5.31. The molecule has 8 nitrogen and oxygen atoms in total. The first-order valence-electron chi connectivity index (χ1n) is 11.7. The lowest BCUT2D eigenvalue weighted by Gasteiger charge is -2.28. The number of nitrogens with zero attached hydrogens (tertiary/aromatic N) is 1. The van der Waals surface area contributed by atoms with Crippen molar-refractivity contribution in [2.24, 2.45) is 13.0 Å². The number of amides is 2. The van der Waals surface area contributed by atoms with Crippen molar-refractivity contribution in [3.63, 3.8) is 0 Å². The van der Waals surface area contributed by atoms with Crippen LogP contribution in [0.15, 0.2) is 18.2 Å². The molecule has 1 unspecified atom stereocenters. The Morgan fingerprint density at radius 1 is 1.09 bits per heavy atom. The number of aromatic nitrogens is 1. The molecule has 0 radical (unpaired) electrons. The molecule has 3 rings (SSSR count). The van der Waals surface area contributed by atoms with Crippen molar-refractivity contribution in [3.8, 4) is 0 Å². The van der Waals surface area contributed by atoms with E-state index in [1.165, 1.54) is 29.9 Å². The maximum atomic E-state index is 13.6. The van der Waals surface area contributed by atoms with Gasteiger partial charge in [-0.2, -0.15) is 0 Å². The first-order valence-corrected chi connectivity index (χ1v) is 11.7. The van der Waals surface area contributed by atoms with Gasteiger partial charge in [-0.3, -0.25) is 14.4 Å². The second-order valence-corrected chi connectivity index (χ2v) is 9.11. The molecule has 188 valence electrons. The van der Waals surface area contributed by atoms with Gasteiger partial charge in [-0.05, 0) is 68.9 Å². The number of benzene rings is 1. The smallest absolute Gasteiger partial charge is 0.328 e. The van der Waals surface area contributed by atoms with Crippen molar-refractivity contribution in [1.82, 2.24) is 9.88 Å². The van der Waals surface area contributed by atoms with Crippen molar-refractivity contribution in [3.05, 3.63) is 52.1 Å². The molecule has 0 aliphatic heterocycles. The van der Waals surface area contributed by atoms with Crippen LogP contribution in [-0.2, 0) is 21.4 Å². The lowest BCUT2D eigenvalue weighted by molar-refractivity contribution is -0.146. The van der Waals surface area contributed by atoms with Gasteiger partial charge in [0.25, 0.3) is 17.6 Å². The molecule has 1 atom stereocenters. The first kappa shape index (κ1) is 26.1. The second-order valence-electron chi connectivity index (χ2n) is 9.11. The number of esters is 1. The second kappa shape index (κ2) is 10.8. The van der Waals surface area contributed by atoms with E-state index in [4.69, 9.17) is 4.74 Å². The van der Waals surface area contributed by atoms with Gasteiger partial charge in [0.2, 0.25) is 0 Å². The van der Waals surface area contributed by atoms with E-state index in [-0.39, 0.29) is 23.0 Å². The number of hydrogen-bond donors (Lipinski definition) is 2. The summed E-state index contributed by atoms with van der Waals surface area (Å²) in [6, 6.07) is 3.33. The third-order valence-electron chi connectivity index (χ3n) is 6.86. The third kappa shape index (κ3) is 5.44. The molecule has 2 amide bonds. The molecule has 9 heteroatoms. The fourth-order valence-electron chi connectivity index (χ4n) is 4.83. The number of halogens is 1. The quantitative estimate of drug-likeness (QED) is 0.353. The summed E-state index contributed by atoms with van der Waals surface area (Å²) >= 11 is 0. The number of hydrogen-bond acceptors (Lipinski definition) is 5. The molecule has 0 bridgehead atoms. The number of rotatable bonds is 7. The summed E-state index contributed by atoms with van der Waals surface area (Å²) in [5.41, 5.74) is 1.95. The summed E-state index contributed by atoms with van der Waals surface area (Å²) in [7, 11) is 2.85. The Kier molecular flexibility index (Phi) is 8.09. The Bertz CT molecular complexity index is 1160. The topological polar surface area (TPSA) is 106 Å². The molecule has 1 saturated carbocycles. The molecular weight excluding hydrogens is 453 g/mol. The molecule has 0 saturated heterocycles. The molecule has 0 spiro atoms. The minimum absolute atomic E-state index is 0.0627. The molecule has 1 aliphatic rings. The van der Waals surface area contributed by atoms with Gasteiger partial charge in [0.05, 0.1) is 18.4 Å². The number of methoxy groups -OCH3 is 1. The lowest BCUT2D eigenvalue weighted by Crippen LogP contribution is -2.49. The van der Waals surface area contributed by atoms with Crippen LogP contribution in [0.1, 0.15) is 69.8 Å². The van der Waals surface area contributed by atoms with E-state index in [0.29, 0.717) is 22.5 Å². The SMILES string of the molecule is COC(=O)C(NC(=O)C(=O)c1c(C)c(C(=O)Nc2ccc(F)c(C)c2)c(C)n1C)C1CCCCC1. The van der Waals surface area contributed by atoms with Gasteiger partial charge in [-0.15, -0.1) is 0 Å². The van der Waals surface area contributed by atoms with Crippen LogP contribution in [-0.4, -0.2) is 41.3 Å². The Morgan fingerprint density at radius 3 is 2.34 bits per heavy atom. The average molecular weight is 486 g/mol. The van der Waals surface area contributed by atoms with E-state index in [0.717, 1.165) is 32.1 Å². The van der Waals surface area contributed by atoms with Crippen molar-refractivity contribution in [1.29, 1.82) is 0 Å². The normalized spacial score (nSPS) is 14.8. The molecular formula is C26H32FN3O5. The zero-order valence-electron chi connectivity index (χ0n) is 20.8. The molecule has 2 N–H and O–H groups in total. The van der Waals surface area contributed by atoms with Gasteiger partial charge in [-0.1, -0.05) is 19.3 Å². The minimum Gasteiger partial charge on any atom is -0.467 e. The predicted octanol–water partition coefficient (Wildman–Crippen LogP) is 3.76. The van der Waals surface area contributed by atoms with Gasteiger partial charge >= 0.3 is 5.97 Å². The summed E-state index contributed by atoms with van der Waals surface area (Å²) in [4.78, 5) is 51.5. The van der Waals surface area contributed by atoms with E-state index in [1.54, 1.807) is 27.8 Å². The number of carbonyl (C=O) groups excluding carboxylic acids is 4. The summed E-state index contributed by atoms with van der Waals surface area (Å²) in [5.74, 6) is -3.29. The van der Waals surface area contributed by atoms with E-state index in [9.17, 15) is 23.6 Å². The maximum Gasteiger partial charge on any atom is 0.328 e. The third-order valence-corrected chi connectivity index (χ3v) is 6.86. The highest BCUT2D eigenvalue weighted by molar-refractivity contribution is 6.43. The highest BCUT2D eigenvalue weighted by Crippen LogP contribution is 2.28. The van der Waals surface area contributed by atoms with Gasteiger partial charge in [-0.25, -0.2) is 9.18 Å². The number of ether oxygens (including phenoxy) is 1. The average Bonchev–Trinajstić information content (AvgIpc) is 3.07. The fourth-order valence-corrected chi connectivity index (χ4v) is 4.83. The van der Waals surface area contributed by atoms with Crippen LogP contribution < -0.4 is 10.6 Å². The number of Topliss-reactive ketones (excluding diaryl/α,β-unsaturated/α-hetero) is 1. The fraction of sp³-hybridized carbons (Fsp3) is 0.462. The van der Waals surface area contributed by atoms with E-state index in [2.05, 4.69) is 10.6 Å². The summed E-state index contributed by atoms with van der Waals surface area (Å²) < 4.78 is 19.9. The van der Waals surface area contributed by atoms with Crippen LogP contribution >= 0.6 is 0 Å². The highest BCUT2D eigenvalue weighted by Gasteiger charge is 2.35. The van der Waals surface area contributed by atoms with Crippen LogP contribution in [0.2, 0.25) is 0 Å². The number of aryl methyl sites for hydroxylation is 1. The van der Waals surface area contributed by atoms with Crippen molar-refractivity contribution >= 4 is 29.3 Å². The number of ketones is 1. The Hall–Kier alpha value is -3.49. The van der Waals surface area contributed by atoms with E-state index < -0.39 is 29.6 Å². The lowest BCUT2D eigenvalue weighted by atomic mass is 9.83. The van der Waals surface area contributed by atoms with Gasteiger partial charge < -0.3 is 19.9 Å². The Balaban J connectivity index is 1.84. The maximum absolute atomic E-state index is 13.6. The Morgan fingerprint density at radius 2 is 1.74 bits per heavy atom. The van der Waals surface area contributed by atoms with Crippen LogP contribution in [0.25, 0.3) is 0 Å². The Labute approximate surface area is 204 Å². The summed E-state index contributed by atoms with van der Waals surface area (Å²) in [6.07, 6.45) is 4.50. The van der Waals surface area contributed by atoms with Crippen LogP contribution in [0.4, 0.5) is 10.1 Å². The monoisotopic (exact) mass is 485 g/mol. The molecule has 2 aromatic rings. The number of anilines is 1. The van der Waals surface area contributed by atoms with Gasteiger partial charge in [0.15, 0.2) is 0 Å². The molecule has 1 heterocycles. The highest BCUT2D eigenvalue weighted by atomic mass is 19.1. The zero-order chi connectivity index (χ0) is 25.9. The molecule has 1 aromatic carbocycles. The van der Waals surface area contributed by atoms with Crippen LogP contribution in [0, 0.1) is 32.5 Å². The molecule has 35 heavy (non-hydrogen) atoms. The van der Waals surface area contributed by atoms with E-state index >= 15 is 0 Å². The van der Waals surface area contributed by atoms with E-state index in [1.807, 2.05) is 0 Å². The van der Waals surface area contributed by atoms with Crippen molar-refractivity contribution in [2.45, 2.75) is 58.9 Å². The number of nitrogens with one attached hydrogen (secondary N) is 2. The molecule has 1 fully saturated rings. The largest absolute Gasteiger partial charge is 0.467 e. The van der Waals surface area contributed by atoms with Crippen LogP contribution in [0.5, 0.6) is 0 Å². The number of carbonyl (C=O) groups is 4. The van der Waals surface area contributed by atoms with Gasteiger partial charge in [0, 0.05) is 18.4 Å². The minimum atomic E-state index is -0.921. The first-order chi connectivity index (χ1) is 16.6. The van der Waals surface area contributed by atoms with Crippen LogP contribution in [0.3, 0.4) is 0 Å². The standard InChI is InChI=1S/C26H32FN3O5/c1-14-13-18(11-12-19(14)27)28-24(32)20-15(2)22(30(4)16(20)3)23(31)25(33)29-21(26(34)35-5)17-9-7-6-8-10-17/h11-13,17,21H,6-10H2,1-5H3,(H,28,32)(H,29,33). The zero-order valence-corrected chi connectivity index (χ0v) is 20.8. The van der Waals surface area contributed by atoms with Gasteiger partial charge in [0.1, 0.15) is 11.9 Å². The predicted molar refractivity (Wildman–Crippen MR) is 129 cm³/mol. The molecule has 1 aliphatic carbocycles. The summed E-state index contributed by atoms with van der Waals surface area (Å²) in [6.45, 7) is 4.86. The van der Waals surface area contributed by atoms with Crippen molar-refractivity contribution in [2.75, 3.05) is 12.4 Å². The van der Waals surface area contributed by atoms with Crippen molar-refractivity contribution < 1.29 is 28.3 Å².